The van der Waals surface area contributed by atoms with Crippen molar-refractivity contribution in [2.75, 3.05) is 25.5 Å². The van der Waals surface area contributed by atoms with E-state index < -0.39 is 0 Å². The number of rotatable bonds is 4. The topological polar surface area (TPSA) is 63.2 Å². The first-order valence-corrected chi connectivity index (χ1v) is 6.73. The monoisotopic (exact) mass is 283 g/mol. The second-order valence-electron chi connectivity index (χ2n) is 4.61. The first-order chi connectivity index (χ1) is 9.11. The summed E-state index contributed by atoms with van der Waals surface area (Å²) in [4.78, 5) is 16.2. The molecule has 1 fully saturated rings. The minimum absolute atomic E-state index is 0.187. The summed E-state index contributed by atoms with van der Waals surface area (Å²) in [6.07, 6.45) is 1.16. The van der Waals surface area contributed by atoms with Crippen molar-refractivity contribution in [3.05, 3.63) is 22.8 Å². The van der Waals surface area contributed by atoms with Crippen LogP contribution >= 0.6 is 11.6 Å². The van der Waals surface area contributed by atoms with Gasteiger partial charge in [0.25, 0.3) is 5.91 Å². The molecule has 104 valence electrons. The highest BCUT2D eigenvalue weighted by molar-refractivity contribution is 6.33. The minimum atomic E-state index is -0.249. The molecular weight excluding hydrogens is 266 g/mol. The maximum absolute atomic E-state index is 12.1. The van der Waals surface area contributed by atoms with Crippen molar-refractivity contribution in [1.29, 1.82) is 0 Å². The van der Waals surface area contributed by atoms with Crippen LogP contribution < -0.4 is 10.6 Å². The van der Waals surface area contributed by atoms with Crippen molar-refractivity contribution in [1.82, 2.24) is 10.3 Å². The van der Waals surface area contributed by atoms with E-state index in [1.54, 1.807) is 19.2 Å². The zero-order valence-electron chi connectivity index (χ0n) is 11.1. The maximum atomic E-state index is 12.1. The zero-order chi connectivity index (χ0) is 13.8. The summed E-state index contributed by atoms with van der Waals surface area (Å²) in [7, 11) is 1.75. The van der Waals surface area contributed by atoms with E-state index in [1.807, 2.05) is 6.92 Å². The fourth-order valence-corrected chi connectivity index (χ4v) is 2.28. The third-order valence-electron chi connectivity index (χ3n) is 3.38. The first kappa shape index (κ1) is 14.1. The number of carbonyl (C=O) groups excluding carboxylic acids is 1. The van der Waals surface area contributed by atoms with Crippen molar-refractivity contribution in [3.63, 3.8) is 0 Å². The van der Waals surface area contributed by atoms with E-state index >= 15 is 0 Å². The summed E-state index contributed by atoms with van der Waals surface area (Å²) < 4.78 is 5.46. The standard InChI is InChI=1S/C13H18ClN3O2/c1-8-9(5-6-19-8)7-16-13(18)12-10(14)3-4-11(15-2)17-12/h3-4,8-9H,5-7H2,1-2H3,(H,15,17)(H,16,18). The quantitative estimate of drug-likeness (QED) is 0.886. The van der Waals surface area contributed by atoms with Gasteiger partial charge in [0.05, 0.1) is 11.1 Å². The van der Waals surface area contributed by atoms with Crippen LogP contribution in [0.25, 0.3) is 0 Å². The molecule has 2 rings (SSSR count). The molecule has 2 heterocycles. The lowest BCUT2D eigenvalue weighted by molar-refractivity contribution is 0.0903. The number of halogens is 1. The Morgan fingerprint density at radius 3 is 3.00 bits per heavy atom. The van der Waals surface area contributed by atoms with E-state index in [4.69, 9.17) is 16.3 Å². The van der Waals surface area contributed by atoms with E-state index in [0.29, 0.717) is 23.3 Å². The number of nitrogens with zero attached hydrogens (tertiary/aromatic N) is 1. The Balaban J connectivity index is 1.99. The number of aromatic nitrogens is 1. The molecule has 0 spiro atoms. The molecule has 5 nitrogen and oxygen atoms in total. The Bertz CT molecular complexity index is 467. The van der Waals surface area contributed by atoms with Crippen LogP contribution in [0.5, 0.6) is 0 Å². The highest BCUT2D eigenvalue weighted by atomic mass is 35.5. The van der Waals surface area contributed by atoms with Gasteiger partial charge in [0.2, 0.25) is 0 Å². The van der Waals surface area contributed by atoms with Crippen LogP contribution in [0.3, 0.4) is 0 Å². The Morgan fingerprint density at radius 1 is 1.58 bits per heavy atom. The molecule has 2 N–H and O–H groups in total. The first-order valence-electron chi connectivity index (χ1n) is 6.36. The Kier molecular flexibility index (Phi) is 4.61. The van der Waals surface area contributed by atoms with Crippen molar-refractivity contribution >= 4 is 23.3 Å². The molecule has 2 unspecified atom stereocenters. The van der Waals surface area contributed by atoms with Crippen LogP contribution in [0.4, 0.5) is 5.82 Å². The van der Waals surface area contributed by atoms with Crippen molar-refractivity contribution in [2.45, 2.75) is 19.4 Å². The number of amides is 1. The van der Waals surface area contributed by atoms with E-state index in [-0.39, 0.29) is 17.7 Å². The van der Waals surface area contributed by atoms with E-state index in [2.05, 4.69) is 15.6 Å². The SMILES string of the molecule is CNc1ccc(Cl)c(C(=O)NCC2CCOC2C)n1. The summed E-state index contributed by atoms with van der Waals surface area (Å²) in [5, 5.41) is 6.11. The molecule has 19 heavy (non-hydrogen) atoms. The largest absolute Gasteiger partial charge is 0.378 e. The summed E-state index contributed by atoms with van der Waals surface area (Å²) in [6.45, 7) is 3.37. The molecule has 1 aromatic heterocycles. The molecule has 6 heteroatoms. The third kappa shape index (κ3) is 3.36. The minimum Gasteiger partial charge on any atom is -0.378 e. The van der Waals surface area contributed by atoms with E-state index in [0.717, 1.165) is 13.0 Å². The van der Waals surface area contributed by atoms with Crippen LogP contribution in [-0.4, -0.2) is 37.2 Å². The Hall–Kier alpha value is -1.33. The molecule has 0 aliphatic carbocycles. The van der Waals surface area contributed by atoms with Crippen LogP contribution in [0.15, 0.2) is 12.1 Å². The molecule has 1 amide bonds. The molecule has 0 radical (unpaired) electrons. The molecular formula is C13H18ClN3O2. The fraction of sp³-hybridized carbons (Fsp3) is 0.538. The van der Waals surface area contributed by atoms with Crippen molar-refractivity contribution in [3.8, 4) is 0 Å². The molecule has 1 saturated heterocycles. The Morgan fingerprint density at radius 2 is 2.37 bits per heavy atom. The number of hydrogen-bond donors (Lipinski definition) is 2. The van der Waals surface area contributed by atoms with Gasteiger partial charge in [0, 0.05) is 26.1 Å². The van der Waals surface area contributed by atoms with Gasteiger partial charge >= 0.3 is 0 Å². The number of hydrogen-bond acceptors (Lipinski definition) is 4. The average molecular weight is 284 g/mol. The van der Waals surface area contributed by atoms with Crippen LogP contribution in [0, 0.1) is 5.92 Å². The average Bonchev–Trinajstić information content (AvgIpc) is 2.82. The van der Waals surface area contributed by atoms with Gasteiger partial charge in [0.1, 0.15) is 11.5 Å². The van der Waals surface area contributed by atoms with Gasteiger partial charge in [0.15, 0.2) is 0 Å². The maximum Gasteiger partial charge on any atom is 0.271 e. The van der Waals surface area contributed by atoms with Crippen LogP contribution in [0.1, 0.15) is 23.8 Å². The molecule has 1 aromatic rings. The lowest BCUT2D eigenvalue weighted by Gasteiger charge is -2.15. The van der Waals surface area contributed by atoms with Crippen LogP contribution in [0.2, 0.25) is 5.02 Å². The normalized spacial score (nSPS) is 22.3. The second-order valence-corrected chi connectivity index (χ2v) is 5.02. The number of carbonyl (C=O) groups is 1. The molecule has 2 atom stereocenters. The highest BCUT2D eigenvalue weighted by Crippen LogP contribution is 2.20. The van der Waals surface area contributed by atoms with Gasteiger partial charge in [-0.25, -0.2) is 4.98 Å². The van der Waals surface area contributed by atoms with Gasteiger partial charge in [-0.15, -0.1) is 0 Å². The van der Waals surface area contributed by atoms with E-state index in [9.17, 15) is 4.79 Å². The number of ether oxygens (including phenoxy) is 1. The fourth-order valence-electron chi connectivity index (χ4n) is 2.09. The summed E-state index contributed by atoms with van der Waals surface area (Å²) in [6, 6.07) is 3.39. The zero-order valence-corrected chi connectivity index (χ0v) is 11.8. The lowest BCUT2D eigenvalue weighted by atomic mass is 10.0. The van der Waals surface area contributed by atoms with Gasteiger partial charge in [-0.1, -0.05) is 11.6 Å². The summed E-state index contributed by atoms with van der Waals surface area (Å²) >= 11 is 6.00. The lowest BCUT2D eigenvalue weighted by Crippen LogP contribution is -2.32. The number of anilines is 1. The van der Waals surface area contributed by atoms with E-state index in [1.165, 1.54) is 0 Å². The molecule has 0 saturated carbocycles. The number of nitrogens with one attached hydrogen (secondary N) is 2. The van der Waals surface area contributed by atoms with Gasteiger partial charge < -0.3 is 15.4 Å². The Labute approximate surface area is 117 Å². The van der Waals surface area contributed by atoms with Crippen molar-refractivity contribution < 1.29 is 9.53 Å². The van der Waals surface area contributed by atoms with Crippen LogP contribution in [-0.2, 0) is 4.74 Å². The molecule has 1 aliphatic heterocycles. The summed E-state index contributed by atoms with van der Waals surface area (Å²) in [5.41, 5.74) is 0.250. The van der Waals surface area contributed by atoms with Gasteiger partial charge in [-0.3, -0.25) is 4.79 Å². The molecule has 0 bridgehead atoms. The number of pyridine rings is 1. The predicted molar refractivity (Wildman–Crippen MR) is 74.6 cm³/mol. The highest BCUT2D eigenvalue weighted by Gasteiger charge is 2.25. The third-order valence-corrected chi connectivity index (χ3v) is 3.68. The second kappa shape index (κ2) is 6.21. The smallest absolute Gasteiger partial charge is 0.271 e. The predicted octanol–water partition coefficient (Wildman–Crippen LogP) is 1.93. The van der Waals surface area contributed by atoms with Crippen molar-refractivity contribution in [2.24, 2.45) is 5.92 Å². The summed E-state index contributed by atoms with van der Waals surface area (Å²) in [5.74, 6) is 0.725. The molecule has 0 aromatic carbocycles. The van der Waals surface area contributed by atoms with Gasteiger partial charge in [-0.05, 0) is 25.5 Å². The molecule has 1 aliphatic rings. The van der Waals surface area contributed by atoms with Gasteiger partial charge in [-0.2, -0.15) is 0 Å².